The number of hydrogen-bond donors (Lipinski definition) is 0. The molecular formula is C22H26N4O. The lowest BCUT2D eigenvalue weighted by atomic mass is 10.1. The lowest BCUT2D eigenvalue weighted by Gasteiger charge is -2.35. The Bertz CT molecular complexity index is 969. The van der Waals surface area contributed by atoms with Gasteiger partial charge in [-0.05, 0) is 48.7 Å². The number of nitrogens with zero attached hydrogens (tertiary/aromatic N) is 4. The number of benzene rings is 1. The maximum Gasteiger partial charge on any atom is 0.270 e. The topological polar surface area (TPSA) is 41.4 Å². The SMILES string of the molecule is CCc1ccc2c(c1)c(C)c(C(=O)N1CCN(c3ccccn3)CC1)n2C. The summed E-state index contributed by atoms with van der Waals surface area (Å²) in [4.78, 5) is 21.9. The molecule has 1 aromatic carbocycles. The number of carbonyl (C=O) groups excluding carboxylic acids is 1. The van der Waals surface area contributed by atoms with Gasteiger partial charge in [0.25, 0.3) is 5.91 Å². The van der Waals surface area contributed by atoms with Gasteiger partial charge in [-0.2, -0.15) is 0 Å². The molecule has 0 N–H and O–H groups in total. The first-order valence-corrected chi connectivity index (χ1v) is 9.63. The summed E-state index contributed by atoms with van der Waals surface area (Å²) in [7, 11) is 2.00. The van der Waals surface area contributed by atoms with Crippen molar-refractivity contribution in [3.05, 3.63) is 59.4 Å². The average molecular weight is 362 g/mol. The van der Waals surface area contributed by atoms with E-state index in [-0.39, 0.29) is 5.91 Å². The second kappa shape index (κ2) is 7.06. The monoisotopic (exact) mass is 362 g/mol. The second-order valence-corrected chi connectivity index (χ2v) is 7.20. The van der Waals surface area contributed by atoms with Crippen LogP contribution in [0.3, 0.4) is 0 Å². The van der Waals surface area contributed by atoms with E-state index in [0.29, 0.717) is 0 Å². The molecule has 0 radical (unpaired) electrons. The van der Waals surface area contributed by atoms with E-state index >= 15 is 0 Å². The van der Waals surface area contributed by atoms with Crippen LogP contribution in [0.4, 0.5) is 5.82 Å². The van der Waals surface area contributed by atoms with Crippen molar-refractivity contribution in [2.45, 2.75) is 20.3 Å². The van der Waals surface area contributed by atoms with Gasteiger partial charge in [-0.25, -0.2) is 4.98 Å². The van der Waals surface area contributed by atoms with Gasteiger partial charge in [0.15, 0.2) is 0 Å². The minimum atomic E-state index is 0.130. The van der Waals surface area contributed by atoms with Crippen LogP contribution in [0.25, 0.3) is 10.9 Å². The minimum Gasteiger partial charge on any atom is -0.353 e. The molecule has 3 aromatic rings. The van der Waals surface area contributed by atoms with Crippen LogP contribution < -0.4 is 4.90 Å². The van der Waals surface area contributed by atoms with Crippen LogP contribution in [0.5, 0.6) is 0 Å². The highest BCUT2D eigenvalue weighted by Crippen LogP contribution is 2.27. The molecule has 0 spiro atoms. The van der Waals surface area contributed by atoms with Gasteiger partial charge in [0, 0.05) is 50.3 Å². The molecule has 1 amide bonds. The van der Waals surface area contributed by atoms with Crippen LogP contribution >= 0.6 is 0 Å². The molecule has 0 atom stereocenters. The van der Waals surface area contributed by atoms with Crippen LogP contribution in [0.2, 0.25) is 0 Å². The molecule has 5 heteroatoms. The summed E-state index contributed by atoms with van der Waals surface area (Å²) in [6.45, 7) is 7.29. The van der Waals surface area contributed by atoms with Crippen LogP contribution in [0.1, 0.15) is 28.5 Å². The summed E-state index contributed by atoms with van der Waals surface area (Å²) in [5.74, 6) is 1.11. The van der Waals surface area contributed by atoms with Crippen LogP contribution in [0, 0.1) is 6.92 Å². The molecule has 2 aromatic heterocycles. The van der Waals surface area contributed by atoms with E-state index < -0.39 is 0 Å². The molecule has 1 saturated heterocycles. The third kappa shape index (κ3) is 3.07. The lowest BCUT2D eigenvalue weighted by Crippen LogP contribution is -2.49. The Labute approximate surface area is 160 Å². The van der Waals surface area contributed by atoms with Gasteiger partial charge in [0.1, 0.15) is 11.5 Å². The maximum atomic E-state index is 13.3. The fourth-order valence-corrected chi connectivity index (χ4v) is 4.03. The average Bonchev–Trinajstić information content (AvgIpc) is 2.98. The normalized spacial score (nSPS) is 14.8. The van der Waals surface area contributed by atoms with E-state index in [0.717, 1.165) is 55.2 Å². The molecule has 4 rings (SSSR count). The molecule has 3 heterocycles. The fourth-order valence-electron chi connectivity index (χ4n) is 4.03. The van der Waals surface area contributed by atoms with Crippen molar-refractivity contribution in [2.75, 3.05) is 31.1 Å². The highest BCUT2D eigenvalue weighted by atomic mass is 16.2. The Kier molecular flexibility index (Phi) is 4.60. The van der Waals surface area contributed by atoms with Crippen LogP contribution in [0.15, 0.2) is 42.6 Å². The Morgan fingerprint density at radius 1 is 1.11 bits per heavy atom. The predicted molar refractivity (Wildman–Crippen MR) is 109 cm³/mol. The molecule has 1 aliphatic rings. The number of aromatic nitrogens is 2. The lowest BCUT2D eigenvalue weighted by molar-refractivity contribution is 0.0736. The Balaban J connectivity index is 1.57. The smallest absolute Gasteiger partial charge is 0.270 e. The fraction of sp³-hybridized carbons (Fsp3) is 0.364. The summed E-state index contributed by atoms with van der Waals surface area (Å²) >= 11 is 0. The van der Waals surface area contributed by atoms with Crippen molar-refractivity contribution in [2.24, 2.45) is 7.05 Å². The summed E-state index contributed by atoms with van der Waals surface area (Å²) < 4.78 is 2.05. The summed E-state index contributed by atoms with van der Waals surface area (Å²) in [6, 6.07) is 12.5. The zero-order valence-electron chi connectivity index (χ0n) is 16.3. The number of hydrogen-bond acceptors (Lipinski definition) is 3. The molecule has 5 nitrogen and oxygen atoms in total. The van der Waals surface area contributed by atoms with Crippen molar-refractivity contribution >= 4 is 22.6 Å². The zero-order chi connectivity index (χ0) is 19.0. The van der Waals surface area contributed by atoms with Crippen molar-refractivity contribution in [1.82, 2.24) is 14.5 Å². The van der Waals surface area contributed by atoms with E-state index in [2.05, 4.69) is 46.5 Å². The maximum absolute atomic E-state index is 13.3. The number of anilines is 1. The molecule has 1 aliphatic heterocycles. The second-order valence-electron chi connectivity index (χ2n) is 7.20. The summed E-state index contributed by atoms with van der Waals surface area (Å²) in [5.41, 5.74) is 4.32. The summed E-state index contributed by atoms with van der Waals surface area (Å²) in [6.07, 6.45) is 2.82. The summed E-state index contributed by atoms with van der Waals surface area (Å²) in [5, 5.41) is 1.19. The number of rotatable bonds is 3. The van der Waals surface area contributed by atoms with Crippen molar-refractivity contribution < 1.29 is 4.79 Å². The first-order valence-electron chi connectivity index (χ1n) is 9.63. The number of aryl methyl sites for hydroxylation is 3. The molecule has 27 heavy (non-hydrogen) atoms. The van der Waals surface area contributed by atoms with Crippen molar-refractivity contribution in [1.29, 1.82) is 0 Å². The Hall–Kier alpha value is -2.82. The van der Waals surface area contributed by atoms with Crippen molar-refractivity contribution in [3.63, 3.8) is 0 Å². The number of pyridine rings is 1. The van der Waals surface area contributed by atoms with E-state index in [1.54, 1.807) is 0 Å². The molecule has 0 bridgehead atoms. The quantitative estimate of drug-likeness (QED) is 0.717. The van der Waals surface area contributed by atoms with Gasteiger partial charge < -0.3 is 14.4 Å². The van der Waals surface area contributed by atoms with E-state index in [9.17, 15) is 4.79 Å². The number of fused-ring (bicyclic) bond motifs is 1. The first-order chi connectivity index (χ1) is 13.1. The van der Waals surface area contributed by atoms with Crippen molar-refractivity contribution in [3.8, 4) is 0 Å². The number of piperazine rings is 1. The van der Waals surface area contributed by atoms with E-state index in [4.69, 9.17) is 0 Å². The van der Waals surface area contributed by atoms with Crippen LogP contribution in [-0.2, 0) is 13.5 Å². The minimum absolute atomic E-state index is 0.130. The highest BCUT2D eigenvalue weighted by molar-refractivity contribution is 6.01. The molecule has 140 valence electrons. The van der Waals surface area contributed by atoms with Gasteiger partial charge in [-0.15, -0.1) is 0 Å². The van der Waals surface area contributed by atoms with Gasteiger partial charge in [0.05, 0.1) is 0 Å². The first kappa shape index (κ1) is 17.6. The molecule has 0 unspecified atom stereocenters. The predicted octanol–water partition coefficient (Wildman–Crippen LogP) is 3.41. The van der Waals surface area contributed by atoms with Gasteiger partial charge >= 0.3 is 0 Å². The Morgan fingerprint density at radius 2 is 1.89 bits per heavy atom. The Morgan fingerprint density at radius 3 is 2.56 bits per heavy atom. The standard InChI is InChI=1S/C22H26N4O/c1-4-17-8-9-19-18(15-17)16(2)21(24(19)3)22(27)26-13-11-25(12-14-26)20-7-5-6-10-23-20/h5-10,15H,4,11-14H2,1-3H3. The third-order valence-corrected chi connectivity index (χ3v) is 5.67. The molecule has 0 aliphatic carbocycles. The number of amides is 1. The molecule has 0 saturated carbocycles. The van der Waals surface area contributed by atoms with E-state index in [1.165, 1.54) is 10.9 Å². The van der Waals surface area contributed by atoms with Crippen LogP contribution in [-0.4, -0.2) is 46.5 Å². The molecular weight excluding hydrogens is 336 g/mol. The van der Waals surface area contributed by atoms with Gasteiger partial charge in [0.2, 0.25) is 0 Å². The van der Waals surface area contributed by atoms with E-state index in [1.807, 2.05) is 36.3 Å². The van der Waals surface area contributed by atoms with Gasteiger partial charge in [-0.1, -0.05) is 19.1 Å². The highest BCUT2D eigenvalue weighted by Gasteiger charge is 2.27. The molecule has 1 fully saturated rings. The zero-order valence-corrected chi connectivity index (χ0v) is 16.3. The third-order valence-electron chi connectivity index (χ3n) is 5.67. The number of carbonyl (C=O) groups is 1. The largest absolute Gasteiger partial charge is 0.353 e. The van der Waals surface area contributed by atoms with Gasteiger partial charge in [-0.3, -0.25) is 4.79 Å².